The highest BCUT2D eigenvalue weighted by atomic mass is 16.2. The molecule has 2 amide bonds. The summed E-state index contributed by atoms with van der Waals surface area (Å²) in [7, 11) is 0. The van der Waals surface area contributed by atoms with Crippen molar-refractivity contribution in [3.63, 3.8) is 0 Å². The Bertz CT molecular complexity index is 417. The molecule has 0 bridgehead atoms. The van der Waals surface area contributed by atoms with Crippen molar-refractivity contribution in [2.75, 3.05) is 58.9 Å². The minimum atomic E-state index is 0.215. The van der Waals surface area contributed by atoms with Crippen molar-refractivity contribution in [1.82, 2.24) is 19.6 Å². The number of carbonyl (C=O) groups is 2. The number of rotatable bonds is 6. The van der Waals surface area contributed by atoms with Crippen LogP contribution in [0.2, 0.25) is 0 Å². The topological polar surface area (TPSA) is 47.1 Å². The van der Waals surface area contributed by atoms with E-state index in [0.717, 1.165) is 58.7 Å². The summed E-state index contributed by atoms with van der Waals surface area (Å²) in [5, 5.41) is 0. The van der Waals surface area contributed by atoms with Crippen LogP contribution in [0.3, 0.4) is 0 Å². The van der Waals surface area contributed by atoms with E-state index in [-0.39, 0.29) is 11.8 Å². The van der Waals surface area contributed by atoms with Crippen LogP contribution in [0.1, 0.15) is 40.0 Å². The average molecular weight is 338 g/mol. The van der Waals surface area contributed by atoms with Crippen molar-refractivity contribution in [3.8, 4) is 0 Å². The molecule has 0 aromatic rings. The SMILES string of the molecule is CCN(CC)C(=O)CN1CCN(CC(=O)N2CCCCC2C)CC1. The quantitative estimate of drug-likeness (QED) is 0.721. The molecule has 6 nitrogen and oxygen atoms in total. The molecule has 2 rings (SSSR count). The summed E-state index contributed by atoms with van der Waals surface area (Å²) in [6.07, 6.45) is 3.51. The normalized spacial score (nSPS) is 23.3. The maximum absolute atomic E-state index is 12.5. The number of amides is 2. The summed E-state index contributed by atoms with van der Waals surface area (Å²) in [5.41, 5.74) is 0. The summed E-state index contributed by atoms with van der Waals surface area (Å²) < 4.78 is 0. The van der Waals surface area contributed by atoms with Gasteiger partial charge in [-0.25, -0.2) is 0 Å². The van der Waals surface area contributed by atoms with E-state index in [4.69, 9.17) is 0 Å². The first-order valence-corrected chi connectivity index (χ1v) is 9.57. The van der Waals surface area contributed by atoms with E-state index in [1.807, 2.05) is 18.7 Å². The van der Waals surface area contributed by atoms with E-state index >= 15 is 0 Å². The van der Waals surface area contributed by atoms with Gasteiger partial charge in [-0.3, -0.25) is 19.4 Å². The third-order valence-corrected chi connectivity index (χ3v) is 5.42. The van der Waals surface area contributed by atoms with Crippen LogP contribution >= 0.6 is 0 Å². The van der Waals surface area contributed by atoms with Gasteiger partial charge in [-0.05, 0) is 40.0 Å². The summed E-state index contributed by atoms with van der Waals surface area (Å²) in [6.45, 7) is 13.2. The molecule has 2 saturated heterocycles. The van der Waals surface area contributed by atoms with E-state index in [2.05, 4.69) is 21.6 Å². The molecule has 2 fully saturated rings. The molecule has 2 aliphatic rings. The van der Waals surface area contributed by atoms with Gasteiger partial charge in [-0.15, -0.1) is 0 Å². The molecule has 0 N–H and O–H groups in total. The van der Waals surface area contributed by atoms with Crippen molar-refractivity contribution in [2.24, 2.45) is 0 Å². The van der Waals surface area contributed by atoms with Crippen LogP contribution in [-0.2, 0) is 9.59 Å². The Morgan fingerprint density at radius 1 is 0.917 bits per heavy atom. The van der Waals surface area contributed by atoms with Crippen molar-refractivity contribution in [3.05, 3.63) is 0 Å². The molecular formula is C18H34N4O2. The predicted molar refractivity (Wildman–Crippen MR) is 95.8 cm³/mol. The zero-order valence-corrected chi connectivity index (χ0v) is 15.7. The number of hydrogen-bond acceptors (Lipinski definition) is 4. The summed E-state index contributed by atoms with van der Waals surface area (Å²) in [4.78, 5) is 33.1. The number of likely N-dealkylation sites (N-methyl/N-ethyl adjacent to an activating group) is 1. The highest BCUT2D eigenvalue weighted by molar-refractivity contribution is 5.79. The van der Waals surface area contributed by atoms with Crippen LogP contribution in [0, 0.1) is 0 Å². The van der Waals surface area contributed by atoms with E-state index in [9.17, 15) is 9.59 Å². The lowest BCUT2D eigenvalue weighted by atomic mass is 10.0. The van der Waals surface area contributed by atoms with E-state index in [1.165, 1.54) is 6.42 Å². The van der Waals surface area contributed by atoms with Gasteiger partial charge in [0, 0.05) is 51.9 Å². The van der Waals surface area contributed by atoms with Crippen LogP contribution in [0.25, 0.3) is 0 Å². The molecule has 0 aromatic heterocycles. The standard InChI is InChI=1S/C18H34N4O2/c1-4-21(5-2)17(23)14-19-10-12-20(13-11-19)15-18(24)22-9-7-6-8-16(22)3/h16H,4-15H2,1-3H3. The molecule has 0 radical (unpaired) electrons. The van der Waals surface area contributed by atoms with Crippen LogP contribution in [0.15, 0.2) is 0 Å². The molecule has 0 spiro atoms. The van der Waals surface area contributed by atoms with Gasteiger partial charge in [-0.2, -0.15) is 0 Å². The van der Waals surface area contributed by atoms with Crippen molar-refractivity contribution in [2.45, 2.75) is 46.1 Å². The molecule has 24 heavy (non-hydrogen) atoms. The fourth-order valence-electron chi connectivity index (χ4n) is 3.72. The number of piperazine rings is 1. The molecule has 0 saturated carbocycles. The highest BCUT2D eigenvalue weighted by Crippen LogP contribution is 2.17. The number of hydrogen-bond donors (Lipinski definition) is 0. The van der Waals surface area contributed by atoms with E-state index in [1.54, 1.807) is 0 Å². The second-order valence-corrected chi connectivity index (χ2v) is 7.05. The highest BCUT2D eigenvalue weighted by Gasteiger charge is 2.26. The molecule has 0 aliphatic carbocycles. The van der Waals surface area contributed by atoms with Gasteiger partial charge in [0.1, 0.15) is 0 Å². The summed E-state index contributed by atoms with van der Waals surface area (Å²) in [5.74, 6) is 0.488. The maximum atomic E-state index is 12.5. The van der Waals surface area contributed by atoms with Gasteiger partial charge in [0.2, 0.25) is 11.8 Å². The van der Waals surface area contributed by atoms with Gasteiger partial charge >= 0.3 is 0 Å². The Labute approximate surface area is 146 Å². The first-order chi connectivity index (χ1) is 11.5. The summed E-state index contributed by atoms with van der Waals surface area (Å²) >= 11 is 0. The first-order valence-electron chi connectivity index (χ1n) is 9.57. The minimum Gasteiger partial charge on any atom is -0.342 e. The summed E-state index contributed by atoms with van der Waals surface area (Å²) in [6, 6.07) is 0.388. The Kier molecular flexibility index (Phi) is 7.49. The van der Waals surface area contributed by atoms with Gasteiger partial charge in [0.15, 0.2) is 0 Å². The molecule has 2 heterocycles. The molecular weight excluding hydrogens is 304 g/mol. The molecule has 138 valence electrons. The monoisotopic (exact) mass is 338 g/mol. The second kappa shape index (κ2) is 9.37. The molecule has 1 unspecified atom stereocenters. The fourth-order valence-corrected chi connectivity index (χ4v) is 3.72. The van der Waals surface area contributed by atoms with Crippen molar-refractivity contribution < 1.29 is 9.59 Å². The van der Waals surface area contributed by atoms with Gasteiger partial charge in [0.25, 0.3) is 0 Å². The molecule has 6 heteroatoms. The number of carbonyl (C=O) groups excluding carboxylic acids is 2. The zero-order chi connectivity index (χ0) is 17.5. The molecule has 0 aromatic carbocycles. The molecule has 2 aliphatic heterocycles. The Hall–Kier alpha value is -1.14. The fraction of sp³-hybridized carbons (Fsp3) is 0.889. The number of likely N-dealkylation sites (tertiary alicyclic amines) is 1. The second-order valence-electron chi connectivity index (χ2n) is 7.05. The van der Waals surface area contributed by atoms with Crippen molar-refractivity contribution in [1.29, 1.82) is 0 Å². The van der Waals surface area contributed by atoms with Crippen LogP contribution in [0.4, 0.5) is 0 Å². The van der Waals surface area contributed by atoms with E-state index in [0.29, 0.717) is 19.1 Å². The Balaban J connectivity index is 1.72. The average Bonchev–Trinajstić information content (AvgIpc) is 2.58. The first kappa shape index (κ1) is 19.2. The van der Waals surface area contributed by atoms with Gasteiger partial charge in [0.05, 0.1) is 13.1 Å². The lowest BCUT2D eigenvalue weighted by Gasteiger charge is -2.38. The van der Waals surface area contributed by atoms with Crippen LogP contribution in [-0.4, -0.2) is 96.4 Å². The molecule has 1 atom stereocenters. The smallest absolute Gasteiger partial charge is 0.236 e. The number of nitrogens with zero attached hydrogens (tertiary/aromatic N) is 4. The largest absolute Gasteiger partial charge is 0.342 e. The maximum Gasteiger partial charge on any atom is 0.236 e. The van der Waals surface area contributed by atoms with Gasteiger partial charge < -0.3 is 9.80 Å². The van der Waals surface area contributed by atoms with Crippen LogP contribution in [0.5, 0.6) is 0 Å². The lowest BCUT2D eigenvalue weighted by Crippen LogP contribution is -2.53. The van der Waals surface area contributed by atoms with Gasteiger partial charge in [-0.1, -0.05) is 0 Å². The Morgan fingerprint density at radius 2 is 1.50 bits per heavy atom. The van der Waals surface area contributed by atoms with E-state index < -0.39 is 0 Å². The predicted octanol–water partition coefficient (Wildman–Crippen LogP) is 0.873. The Morgan fingerprint density at radius 3 is 2.04 bits per heavy atom. The number of piperidine rings is 1. The van der Waals surface area contributed by atoms with Crippen LogP contribution < -0.4 is 0 Å². The lowest BCUT2D eigenvalue weighted by molar-refractivity contribution is -0.137. The zero-order valence-electron chi connectivity index (χ0n) is 15.7. The minimum absolute atomic E-state index is 0.215. The van der Waals surface area contributed by atoms with Crippen molar-refractivity contribution >= 4 is 11.8 Å². The third-order valence-electron chi connectivity index (χ3n) is 5.42. The third kappa shape index (κ3) is 5.18.